The summed E-state index contributed by atoms with van der Waals surface area (Å²) < 4.78 is 0. The molecule has 3 rings (SSSR count). The monoisotopic (exact) mass is 414 g/mol. The van der Waals surface area contributed by atoms with E-state index in [0.717, 1.165) is 44.4 Å². The molecule has 2 aliphatic rings. The van der Waals surface area contributed by atoms with Crippen LogP contribution in [0.2, 0.25) is 0 Å². The molecule has 0 heteroatoms. The second-order valence-electron chi connectivity index (χ2n) is 9.95. The van der Waals surface area contributed by atoms with Gasteiger partial charge in [0, 0.05) is 5.92 Å². The van der Waals surface area contributed by atoms with Crippen LogP contribution in [0.3, 0.4) is 0 Å². The number of hydrogen-bond acceptors (Lipinski definition) is 0. The molecule has 1 aromatic rings. The van der Waals surface area contributed by atoms with Crippen molar-refractivity contribution in [1.29, 1.82) is 0 Å². The highest BCUT2D eigenvalue weighted by Crippen LogP contribution is 2.38. The second kappa shape index (κ2) is 11.5. The number of allylic oxidation sites excluding steroid dienone is 7. The standard InChI is InChI=1S/C31H42/c1-6-29-13-9-10-14-30(29)31(22-25(4)21-27-11-7-8-12-27)26(5)17-15-23(2)19-28-18-16-24(3)20-28/h9-10,13-14,16,20,27,31H,2,4-8,11-12,15,17-19,21-22H2,1,3H3. The highest BCUT2D eigenvalue weighted by atomic mass is 14.3. The molecule has 0 amide bonds. The number of hydrogen-bond donors (Lipinski definition) is 0. The Morgan fingerprint density at radius 3 is 2.45 bits per heavy atom. The van der Waals surface area contributed by atoms with Crippen LogP contribution in [0.15, 0.2) is 84.0 Å². The fourth-order valence-electron chi connectivity index (χ4n) is 5.44. The lowest BCUT2D eigenvalue weighted by atomic mass is 9.80. The van der Waals surface area contributed by atoms with Gasteiger partial charge in [-0.05, 0) is 68.9 Å². The molecule has 0 N–H and O–H groups in total. The first-order valence-corrected chi connectivity index (χ1v) is 12.4. The molecular formula is C31H42. The Hall–Kier alpha value is -2.08. The summed E-state index contributed by atoms with van der Waals surface area (Å²) in [6.45, 7) is 18.0. The van der Waals surface area contributed by atoms with E-state index in [9.17, 15) is 0 Å². The van der Waals surface area contributed by atoms with Crippen molar-refractivity contribution in [1.82, 2.24) is 0 Å². The highest BCUT2D eigenvalue weighted by molar-refractivity contribution is 5.37. The second-order valence-corrected chi connectivity index (χ2v) is 9.95. The maximum absolute atomic E-state index is 4.60. The van der Waals surface area contributed by atoms with E-state index in [-0.39, 0.29) is 0 Å². The van der Waals surface area contributed by atoms with Crippen LogP contribution in [-0.4, -0.2) is 0 Å². The maximum Gasteiger partial charge on any atom is 0.00853 e. The van der Waals surface area contributed by atoms with Gasteiger partial charge in [0.2, 0.25) is 0 Å². The van der Waals surface area contributed by atoms with Crippen LogP contribution in [0, 0.1) is 5.92 Å². The Labute approximate surface area is 191 Å². The normalized spacial score (nSPS) is 17.4. The van der Waals surface area contributed by atoms with E-state index in [2.05, 4.69) is 70.0 Å². The minimum Gasteiger partial charge on any atom is -0.0998 e. The number of aryl methyl sites for hydroxylation is 1. The SMILES string of the molecule is C=C(CCC(=C)C(CC(=C)CC1CCCC1)c1ccccc1CC)CC1=CC(C)=CC1. The highest BCUT2D eigenvalue weighted by Gasteiger charge is 2.22. The van der Waals surface area contributed by atoms with E-state index < -0.39 is 0 Å². The Morgan fingerprint density at radius 2 is 1.77 bits per heavy atom. The third-order valence-electron chi connectivity index (χ3n) is 7.24. The van der Waals surface area contributed by atoms with E-state index in [0.29, 0.717) is 5.92 Å². The summed E-state index contributed by atoms with van der Waals surface area (Å²) in [6.07, 6.45) is 17.7. The molecule has 0 bridgehead atoms. The first-order chi connectivity index (χ1) is 15.0. The lowest BCUT2D eigenvalue weighted by molar-refractivity contribution is 0.528. The topological polar surface area (TPSA) is 0 Å². The largest absolute Gasteiger partial charge is 0.0998 e. The van der Waals surface area contributed by atoms with Crippen LogP contribution in [0.4, 0.5) is 0 Å². The molecule has 0 saturated heterocycles. The van der Waals surface area contributed by atoms with Crippen molar-refractivity contribution in [2.24, 2.45) is 5.92 Å². The lowest BCUT2D eigenvalue weighted by Gasteiger charge is -2.25. The predicted molar refractivity (Wildman–Crippen MR) is 137 cm³/mol. The van der Waals surface area contributed by atoms with E-state index in [4.69, 9.17) is 0 Å². The maximum atomic E-state index is 4.60. The quantitative estimate of drug-likeness (QED) is 0.299. The van der Waals surface area contributed by atoms with Gasteiger partial charge in [0.15, 0.2) is 0 Å². The average Bonchev–Trinajstić information content (AvgIpc) is 3.41. The van der Waals surface area contributed by atoms with Gasteiger partial charge in [-0.3, -0.25) is 0 Å². The van der Waals surface area contributed by atoms with Crippen molar-refractivity contribution in [3.8, 4) is 0 Å². The molecule has 0 nitrogen and oxygen atoms in total. The van der Waals surface area contributed by atoms with Gasteiger partial charge in [-0.2, -0.15) is 0 Å². The molecule has 0 aliphatic heterocycles. The summed E-state index contributed by atoms with van der Waals surface area (Å²) in [7, 11) is 0. The van der Waals surface area contributed by atoms with Crippen molar-refractivity contribution < 1.29 is 0 Å². The third-order valence-corrected chi connectivity index (χ3v) is 7.24. The van der Waals surface area contributed by atoms with E-state index in [1.54, 1.807) is 0 Å². The molecule has 0 aromatic heterocycles. The van der Waals surface area contributed by atoms with Crippen LogP contribution in [0.25, 0.3) is 0 Å². The minimum absolute atomic E-state index is 0.382. The molecule has 1 unspecified atom stereocenters. The van der Waals surface area contributed by atoms with Crippen LogP contribution in [0.5, 0.6) is 0 Å². The van der Waals surface area contributed by atoms with E-state index >= 15 is 0 Å². The predicted octanol–water partition coefficient (Wildman–Crippen LogP) is 9.42. The smallest absolute Gasteiger partial charge is 0.00853 e. The summed E-state index contributed by atoms with van der Waals surface area (Å²) >= 11 is 0. The average molecular weight is 415 g/mol. The van der Waals surface area contributed by atoms with E-state index in [1.165, 1.54) is 71.1 Å². The fraction of sp³-hybridized carbons (Fsp3) is 0.484. The molecule has 1 fully saturated rings. The van der Waals surface area contributed by atoms with Gasteiger partial charge >= 0.3 is 0 Å². The van der Waals surface area contributed by atoms with E-state index in [1.807, 2.05) is 0 Å². The Bertz CT molecular complexity index is 854. The first kappa shape index (κ1) is 23.6. The zero-order valence-corrected chi connectivity index (χ0v) is 20.0. The zero-order chi connectivity index (χ0) is 22.2. The van der Waals surface area contributed by atoms with Gasteiger partial charge in [-0.25, -0.2) is 0 Å². The van der Waals surface area contributed by atoms with Crippen LogP contribution < -0.4 is 0 Å². The molecule has 166 valence electrons. The van der Waals surface area contributed by atoms with Gasteiger partial charge in [0.05, 0.1) is 0 Å². The Balaban J connectivity index is 1.64. The van der Waals surface area contributed by atoms with Crippen LogP contribution in [-0.2, 0) is 6.42 Å². The molecule has 0 spiro atoms. The lowest BCUT2D eigenvalue weighted by Crippen LogP contribution is -2.08. The molecule has 0 radical (unpaired) electrons. The van der Waals surface area contributed by atoms with Crippen molar-refractivity contribution in [3.63, 3.8) is 0 Å². The van der Waals surface area contributed by atoms with Gasteiger partial charge < -0.3 is 0 Å². The minimum atomic E-state index is 0.382. The molecule has 1 aromatic carbocycles. The van der Waals surface area contributed by atoms with Crippen LogP contribution >= 0.6 is 0 Å². The van der Waals surface area contributed by atoms with Gasteiger partial charge in [-0.1, -0.05) is 117 Å². The fourth-order valence-corrected chi connectivity index (χ4v) is 5.44. The van der Waals surface area contributed by atoms with Gasteiger partial charge in [0.1, 0.15) is 0 Å². The summed E-state index contributed by atoms with van der Waals surface area (Å²) in [4.78, 5) is 0. The van der Waals surface area contributed by atoms with Gasteiger partial charge in [-0.15, -0.1) is 0 Å². The van der Waals surface area contributed by atoms with Crippen molar-refractivity contribution in [2.75, 3.05) is 0 Å². The van der Waals surface area contributed by atoms with Gasteiger partial charge in [0.25, 0.3) is 0 Å². The van der Waals surface area contributed by atoms with Crippen molar-refractivity contribution in [3.05, 3.63) is 95.1 Å². The molecule has 2 aliphatic carbocycles. The first-order valence-electron chi connectivity index (χ1n) is 12.4. The zero-order valence-electron chi connectivity index (χ0n) is 20.0. The summed E-state index contributed by atoms with van der Waals surface area (Å²) in [5.41, 5.74) is 9.92. The molecular weight excluding hydrogens is 372 g/mol. The summed E-state index contributed by atoms with van der Waals surface area (Å²) in [5.74, 6) is 1.24. The summed E-state index contributed by atoms with van der Waals surface area (Å²) in [5, 5.41) is 0. The number of rotatable bonds is 12. The molecule has 0 heterocycles. The van der Waals surface area contributed by atoms with Crippen molar-refractivity contribution in [2.45, 2.75) is 90.4 Å². The summed E-state index contributed by atoms with van der Waals surface area (Å²) in [6, 6.07) is 8.97. The molecule has 1 saturated carbocycles. The molecule has 31 heavy (non-hydrogen) atoms. The van der Waals surface area contributed by atoms with Crippen molar-refractivity contribution >= 4 is 0 Å². The number of benzene rings is 1. The Morgan fingerprint density at radius 1 is 1.03 bits per heavy atom. The Kier molecular flexibility index (Phi) is 8.76. The third kappa shape index (κ3) is 6.96. The molecule has 1 atom stereocenters. The van der Waals surface area contributed by atoms with Crippen LogP contribution in [0.1, 0.15) is 95.1 Å².